The zero-order valence-corrected chi connectivity index (χ0v) is 10.9. The molecule has 0 saturated heterocycles. The minimum Gasteiger partial charge on any atom is -0.322 e. The van der Waals surface area contributed by atoms with Crippen LogP contribution in [-0.4, -0.2) is 11.5 Å². The Kier molecular flexibility index (Phi) is 2.80. The lowest BCUT2D eigenvalue weighted by Crippen LogP contribution is -2.21. The molecule has 0 aliphatic carbocycles. The van der Waals surface area contributed by atoms with E-state index in [4.69, 9.17) is 11.6 Å². The van der Waals surface area contributed by atoms with Gasteiger partial charge >= 0.3 is 0 Å². The molecule has 3 rings (SSSR count). The first-order valence-electron chi connectivity index (χ1n) is 5.90. The first kappa shape index (κ1) is 11.3. The van der Waals surface area contributed by atoms with Crippen molar-refractivity contribution in [1.29, 1.82) is 0 Å². The average Bonchev–Trinajstić information content (AvgIpc) is 2.37. The van der Waals surface area contributed by atoms with E-state index >= 15 is 0 Å². The number of pyridine rings is 1. The summed E-state index contributed by atoms with van der Waals surface area (Å²) in [6.45, 7) is 2.92. The molecule has 0 unspecified atom stereocenters. The summed E-state index contributed by atoms with van der Waals surface area (Å²) in [5, 5.41) is 0.762. The fourth-order valence-corrected chi connectivity index (χ4v) is 2.35. The number of halogens is 1. The Morgan fingerprint density at radius 1 is 1.22 bits per heavy atom. The molecule has 2 heterocycles. The van der Waals surface area contributed by atoms with Crippen LogP contribution in [0.2, 0.25) is 5.02 Å². The van der Waals surface area contributed by atoms with Crippen molar-refractivity contribution >= 4 is 29.2 Å². The molecule has 0 saturated carbocycles. The van der Waals surface area contributed by atoms with E-state index < -0.39 is 0 Å². The van der Waals surface area contributed by atoms with Crippen LogP contribution >= 0.6 is 11.6 Å². The highest BCUT2D eigenvalue weighted by atomic mass is 35.5. The van der Waals surface area contributed by atoms with Crippen LogP contribution in [0.1, 0.15) is 11.1 Å². The van der Waals surface area contributed by atoms with Crippen LogP contribution in [0.4, 0.5) is 11.5 Å². The highest BCUT2D eigenvalue weighted by Gasteiger charge is 2.15. The summed E-state index contributed by atoms with van der Waals surface area (Å²) in [5.41, 5.74) is 3.50. The molecule has 0 bridgehead atoms. The molecule has 1 aromatic carbocycles. The van der Waals surface area contributed by atoms with E-state index in [2.05, 4.69) is 35.0 Å². The summed E-state index contributed by atoms with van der Waals surface area (Å²) in [4.78, 5) is 6.64. The summed E-state index contributed by atoms with van der Waals surface area (Å²) < 4.78 is 0. The molecular weight excluding hydrogens is 244 g/mol. The quantitative estimate of drug-likeness (QED) is 0.760. The van der Waals surface area contributed by atoms with Crippen LogP contribution < -0.4 is 4.90 Å². The van der Waals surface area contributed by atoms with Crippen molar-refractivity contribution in [3.63, 3.8) is 0 Å². The van der Waals surface area contributed by atoms with Gasteiger partial charge in [-0.1, -0.05) is 23.8 Å². The van der Waals surface area contributed by atoms with E-state index in [0.29, 0.717) is 0 Å². The van der Waals surface area contributed by atoms with Crippen LogP contribution in [0.25, 0.3) is 6.08 Å². The van der Waals surface area contributed by atoms with Crippen molar-refractivity contribution in [2.75, 3.05) is 11.4 Å². The van der Waals surface area contributed by atoms with Crippen LogP contribution in [0.3, 0.4) is 0 Å². The third-order valence-corrected chi connectivity index (χ3v) is 3.28. The first-order valence-corrected chi connectivity index (χ1v) is 6.28. The molecule has 0 amide bonds. The van der Waals surface area contributed by atoms with E-state index in [1.807, 2.05) is 30.5 Å². The zero-order valence-electron chi connectivity index (χ0n) is 10.1. The van der Waals surface area contributed by atoms with Gasteiger partial charge in [-0.25, -0.2) is 4.98 Å². The molecule has 0 spiro atoms. The second kappa shape index (κ2) is 4.46. The van der Waals surface area contributed by atoms with Crippen molar-refractivity contribution in [2.24, 2.45) is 0 Å². The van der Waals surface area contributed by atoms with Gasteiger partial charge in [0.1, 0.15) is 5.82 Å². The minimum atomic E-state index is 0.762. The van der Waals surface area contributed by atoms with Gasteiger partial charge in [-0.3, -0.25) is 0 Å². The molecule has 2 aromatic rings. The molecule has 0 fully saturated rings. The predicted molar refractivity (Wildman–Crippen MR) is 76.5 cm³/mol. The Morgan fingerprint density at radius 3 is 2.94 bits per heavy atom. The van der Waals surface area contributed by atoms with Crippen LogP contribution in [-0.2, 0) is 0 Å². The number of benzene rings is 1. The summed E-state index contributed by atoms with van der Waals surface area (Å²) in [6.07, 6.45) is 6.08. The predicted octanol–water partition coefficient (Wildman–Crippen LogP) is 4.21. The van der Waals surface area contributed by atoms with Gasteiger partial charge in [0.2, 0.25) is 0 Å². The molecular formula is C15H13ClN2. The molecule has 1 aromatic heterocycles. The van der Waals surface area contributed by atoms with E-state index in [1.165, 1.54) is 5.56 Å². The largest absolute Gasteiger partial charge is 0.322 e. The first-order chi connectivity index (χ1) is 8.74. The maximum absolute atomic E-state index is 6.03. The molecule has 90 valence electrons. The molecule has 0 radical (unpaired) electrons. The Balaban J connectivity index is 2.09. The smallest absolute Gasteiger partial charge is 0.133 e. The maximum atomic E-state index is 6.03. The van der Waals surface area contributed by atoms with Crippen LogP contribution in [0.15, 0.2) is 42.6 Å². The summed E-state index contributed by atoms with van der Waals surface area (Å²) in [6, 6.07) is 10.0. The Hall–Kier alpha value is -1.80. The third kappa shape index (κ3) is 2.00. The summed E-state index contributed by atoms with van der Waals surface area (Å²) in [7, 11) is 0. The summed E-state index contributed by atoms with van der Waals surface area (Å²) >= 11 is 6.03. The lowest BCUT2D eigenvalue weighted by atomic mass is 10.1. The highest BCUT2D eigenvalue weighted by Crippen LogP contribution is 2.33. The number of nitrogens with zero attached hydrogens (tertiary/aromatic N) is 2. The number of hydrogen-bond acceptors (Lipinski definition) is 2. The lowest BCUT2D eigenvalue weighted by molar-refractivity contribution is 1.03. The standard InChI is InChI=1S/C15H13ClN2/c1-11-6-7-17-15(9-11)18-8-2-3-12-10-13(16)4-5-14(12)18/h2-7,9-10H,8H2,1H3. The Labute approximate surface area is 112 Å². The number of fused-ring (bicyclic) bond motifs is 1. The van der Waals surface area contributed by atoms with Gasteiger partial charge in [0.05, 0.1) is 5.69 Å². The van der Waals surface area contributed by atoms with Gasteiger partial charge < -0.3 is 4.90 Å². The van der Waals surface area contributed by atoms with Crippen LogP contribution in [0.5, 0.6) is 0 Å². The van der Waals surface area contributed by atoms with Crippen LogP contribution in [0, 0.1) is 6.92 Å². The molecule has 1 aliphatic rings. The van der Waals surface area contributed by atoms with E-state index in [1.54, 1.807) is 0 Å². The van der Waals surface area contributed by atoms with Gasteiger partial charge in [-0.2, -0.15) is 0 Å². The van der Waals surface area contributed by atoms with Gasteiger partial charge in [-0.15, -0.1) is 0 Å². The zero-order chi connectivity index (χ0) is 12.5. The molecule has 18 heavy (non-hydrogen) atoms. The number of aromatic nitrogens is 1. The molecule has 0 N–H and O–H groups in total. The van der Waals surface area contributed by atoms with Crippen molar-refractivity contribution in [2.45, 2.75) is 6.92 Å². The van der Waals surface area contributed by atoms with E-state index in [9.17, 15) is 0 Å². The fraction of sp³-hybridized carbons (Fsp3) is 0.133. The number of hydrogen-bond donors (Lipinski definition) is 0. The molecule has 1 aliphatic heterocycles. The Bertz CT molecular complexity index is 620. The molecule has 0 atom stereocenters. The van der Waals surface area contributed by atoms with Crippen molar-refractivity contribution in [1.82, 2.24) is 4.98 Å². The number of anilines is 2. The maximum Gasteiger partial charge on any atom is 0.133 e. The topological polar surface area (TPSA) is 16.1 Å². The van der Waals surface area contributed by atoms with Gasteiger partial charge in [0.25, 0.3) is 0 Å². The highest BCUT2D eigenvalue weighted by molar-refractivity contribution is 6.30. The molecule has 3 heteroatoms. The van der Waals surface area contributed by atoms with E-state index in [-0.39, 0.29) is 0 Å². The average molecular weight is 257 g/mol. The number of rotatable bonds is 1. The van der Waals surface area contributed by atoms with E-state index in [0.717, 1.165) is 28.6 Å². The second-order valence-corrected chi connectivity index (χ2v) is 4.84. The lowest BCUT2D eigenvalue weighted by Gasteiger charge is -2.27. The van der Waals surface area contributed by atoms with Gasteiger partial charge in [-0.05, 0) is 48.4 Å². The molecule has 2 nitrogen and oxygen atoms in total. The SMILES string of the molecule is Cc1ccnc(N2CC=Cc3cc(Cl)ccc32)c1. The van der Waals surface area contributed by atoms with Crippen molar-refractivity contribution < 1.29 is 0 Å². The normalized spacial score (nSPS) is 13.6. The summed E-state index contributed by atoms with van der Waals surface area (Å²) in [5.74, 6) is 0.975. The van der Waals surface area contributed by atoms with Crippen molar-refractivity contribution in [3.8, 4) is 0 Å². The number of aryl methyl sites for hydroxylation is 1. The van der Waals surface area contributed by atoms with Crippen molar-refractivity contribution in [3.05, 3.63) is 58.8 Å². The monoisotopic (exact) mass is 256 g/mol. The fourth-order valence-electron chi connectivity index (χ4n) is 2.17. The van der Waals surface area contributed by atoms with Gasteiger partial charge in [0.15, 0.2) is 0 Å². The van der Waals surface area contributed by atoms with Gasteiger partial charge in [0, 0.05) is 17.8 Å². The third-order valence-electron chi connectivity index (χ3n) is 3.04. The Morgan fingerprint density at radius 2 is 2.11 bits per heavy atom. The minimum absolute atomic E-state index is 0.762. The second-order valence-electron chi connectivity index (χ2n) is 4.41.